The summed E-state index contributed by atoms with van der Waals surface area (Å²) >= 11 is 0. The largest absolute Gasteiger partial charge is 0.481 e. The molecule has 6 heteroatoms. The summed E-state index contributed by atoms with van der Waals surface area (Å²) in [6, 6.07) is 0.445. The Morgan fingerprint density at radius 3 is 2.33 bits per heavy atom. The van der Waals surface area contributed by atoms with Crippen LogP contribution in [0, 0.1) is 0 Å². The minimum absolute atomic E-state index is 0.00866. The number of likely N-dealkylation sites (tertiary alicyclic amines) is 1. The summed E-state index contributed by atoms with van der Waals surface area (Å²) in [6.07, 6.45) is 3.69. The van der Waals surface area contributed by atoms with E-state index in [0.717, 1.165) is 25.7 Å². The topological polar surface area (TPSA) is 86.9 Å². The van der Waals surface area contributed by atoms with E-state index in [1.807, 2.05) is 4.90 Å². The van der Waals surface area contributed by atoms with Gasteiger partial charge in [0.25, 0.3) is 0 Å². The highest BCUT2D eigenvalue weighted by atomic mass is 16.4. The van der Waals surface area contributed by atoms with Gasteiger partial charge in [0, 0.05) is 31.7 Å². The smallest absolute Gasteiger partial charge is 0.320 e. The first-order valence-electron chi connectivity index (χ1n) is 6.61. The lowest BCUT2D eigenvalue weighted by atomic mass is 10.1. The van der Waals surface area contributed by atoms with Gasteiger partial charge in [-0.15, -0.1) is 0 Å². The molecule has 3 N–H and O–H groups in total. The van der Waals surface area contributed by atoms with E-state index in [0.29, 0.717) is 19.6 Å². The molecule has 1 aliphatic heterocycles. The molecule has 18 heavy (non-hydrogen) atoms. The lowest BCUT2D eigenvalue weighted by molar-refractivity contribution is -0.137. The van der Waals surface area contributed by atoms with Gasteiger partial charge in [0.1, 0.15) is 0 Å². The normalized spacial score (nSPS) is 20.8. The molecule has 0 atom stereocenters. The highest BCUT2D eigenvalue weighted by molar-refractivity contribution is 5.76. The van der Waals surface area contributed by atoms with E-state index in [1.54, 1.807) is 4.90 Å². The van der Waals surface area contributed by atoms with E-state index in [4.69, 9.17) is 10.8 Å². The number of piperidine rings is 1. The fourth-order valence-corrected chi connectivity index (χ4v) is 2.31. The van der Waals surface area contributed by atoms with Gasteiger partial charge < -0.3 is 20.6 Å². The molecule has 1 heterocycles. The quantitative estimate of drug-likeness (QED) is 0.764. The predicted octanol–water partition coefficient (Wildman–Crippen LogP) is 0.469. The zero-order chi connectivity index (χ0) is 13.1. The standard InChI is InChI=1S/C12H21N3O3/c13-9-3-6-14(7-4-9)12(18)15(10-1-2-10)8-5-11(16)17/h9-10H,1-8,13H2,(H,16,17). The van der Waals surface area contributed by atoms with E-state index in [9.17, 15) is 9.59 Å². The van der Waals surface area contributed by atoms with Crippen molar-refractivity contribution < 1.29 is 14.7 Å². The van der Waals surface area contributed by atoms with Gasteiger partial charge in [-0.25, -0.2) is 4.79 Å². The number of carboxylic acid groups (broad SMARTS) is 1. The number of hydrogen-bond acceptors (Lipinski definition) is 3. The molecule has 1 saturated heterocycles. The first-order valence-corrected chi connectivity index (χ1v) is 6.61. The maximum Gasteiger partial charge on any atom is 0.320 e. The fourth-order valence-electron chi connectivity index (χ4n) is 2.31. The molecule has 0 aromatic carbocycles. The van der Waals surface area contributed by atoms with Crippen LogP contribution in [0.4, 0.5) is 4.79 Å². The molecule has 0 aromatic heterocycles. The Morgan fingerprint density at radius 2 is 1.83 bits per heavy atom. The number of hydrogen-bond donors (Lipinski definition) is 2. The van der Waals surface area contributed by atoms with Gasteiger partial charge in [0.05, 0.1) is 6.42 Å². The molecule has 0 spiro atoms. The minimum Gasteiger partial charge on any atom is -0.481 e. The van der Waals surface area contributed by atoms with Gasteiger partial charge in [-0.1, -0.05) is 0 Å². The summed E-state index contributed by atoms with van der Waals surface area (Å²) in [5.74, 6) is -0.853. The van der Waals surface area contributed by atoms with Crippen LogP contribution in [0.25, 0.3) is 0 Å². The van der Waals surface area contributed by atoms with Crippen LogP contribution in [0.3, 0.4) is 0 Å². The Hall–Kier alpha value is -1.30. The van der Waals surface area contributed by atoms with Gasteiger partial charge >= 0.3 is 12.0 Å². The fraction of sp³-hybridized carbons (Fsp3) is 0.833. The third-order valence-corrected chi connectivity index (χ3v) is 3.61. The van der Waals surface area contributed by atoms with Gasteiger partial charge in [-0.2, -0.15) is 0 Å². The summed E-state index contributed by atoms with van der Waals surface area (Å²) in [7, 11) is 0. The van der Waals surface area contributed by atoms with Crippen molar-refractivity contribution in [2.75, 3.05) is 19.6 Å². The van der Waals surface area contributed by atoms with Crippen LogP contribution in [-0.2, 0) is 4.79 Å². The van der Waals surface area contributed by atoms with Crippen LogP contribution in [0.5, 0.6) is 0 Å². The van der Waals surface area contributed by atoms with E-state index < -0.39 is 5.97 Å². The molecule has 0 bridgehead atoms. The molecular weight excluding hydrogens is 234 g/mol. The van der Waals surface area contributed by atoms with Gasteiger partial charge in [-0.05, 0) is 25.7 Å². The van der Waals surface area contributed by atoms with Crippen molar-refractivity contribution >= 4 is 12.0 Å². The van der Waals surface area contributed by atoms with E-state index in [-0.39, 0.29) is 24.5 Å². The average molecular weight is 255 g/mol. The lowest BCUT2D eigenvalue weighted by Crippen LogP contribution is -2.50. The Balaban J connectivity index is 1.89. The molecule has 0 unspecified atom stereocenters. The SMILES string of the molecule is NC1CCN(C(=O)N(CCC(=O)O)C2CC2)CC1. The first kappa shape index (κ1) is 13.1. The number of amides is 2. The number of carbonyl (C=O) groups is 2. The van der Waals surface area contributed by atoms with Crippen molar-refractivity contribution in [2.45, 2.75) is 44.2 Å². The van der Waals surface area contributed by atoms with Crippen molar-refractivity contribution in [2.24, 2.45) is 5.73 Å². The van der Waals surface area contributed by atoms with E-state index in [1.165, 1.54) is 0 Å². The number of nitrogens with two attached hydrogens (primary N) is 1. The number of carbonyl (C=O) groups excluding carboxylic acids is 1. The summed E-state index contributed by atoms with van der Waals surface area (Å²) in [5.41, 5.74) is 5.81. The Bertz CT molecular complexity index is 323. The van der Waals surface area contributed by atoms with Crippen molar-refractivity contribution in [3.8, 4) is 0 Å². The monoisotopic (exact) mass is 255 g/mol. The summed E-state index contributed by atoms with van der Waals surface area (Å²) in [4.78, 5) is 26.5. The lowest BCUT2D eigenvalue weighted by Gasteiger charge is -2.34. The van der Waals surface area contributed by atoms with Crippen LogP contribution < -0.4 is 5.73 Å². The van der Waals surface area contributed by atoms with Crippen LogP contribution in [-0.4, -0.2) is 58.6 Å². The molecule has 2 amide bonds. The van der Waals surface area contributed by atoms with Crippen molar-refractivity contribution in [1.29, 1.82) is 0 Å². The molecule has 0 aromatic rings. The number of rotatable bonds is 4. The highest BCUT2D eigenvalue weighted by Gasteiger charge is 2.35. The molecule has 1 saturated carbocycles. The number of carboxylic acids is 1. The molecule has 2 fully saturated rings. The number of aliphatic carboxylic acids is 1. The number of urea groups is 1. The third kappa shape index (κ3) is 3.35. The second-order valence-corrected chi connectivity index (χ2v) is 5.18. The maximum absolute atomic E-state index is 12.3. The molecular formula is C12H21N3O3. The molecule has 102 valence electrons. The van der Waals surface area contributed by atoms with Gasteiger partial charge in [0.15, 0.2) is 0 Å². The van der Waals surface area contributed by atoms with Gasteiger partial charge in [0.2, 0.25) is 0 Å². The highest BCUT2D eigenvalue weighted by Crippen LogP contribution is 2.28. The van der Waals surface area contributed by atoms with Crippen LogP contribution in [0.1, 0.15) is 32.1 Å². The van der Waals surface area contributed by atoms with Crippen LogP contribution in [0.15, 0.2) is 0 Å². The van der Waals surface area contributed by atoms with E-state index in [2.05, 4.69) is 0 Å². The maximum atomic E-state index is 12.3. The Kier molecular flexibility index (Phi) is 4.06. The zero-order valence-corrected chi connectivity index (χ0v) is 10.5. The molecule has 2 aliphatic rings. The summed E-state index contributed by atoms with van der Waals surface area (Å²) in [5, 5.41) is 8.72. The van der Waals surface area contributed by atoms with Crippen molar-refractivity contribution in [1.82, 2.24) is 9.80 Å². The predicted molar refractivity (Wildman–Crippen MR) is 66.2 cm³/mol. The van der Waals surface area contributed by atoms with Crippen molar-refractivity contribution in [3.05, 3.63) is 0 Å². The van der Waals surface area contributed by atoms with Crippen molar-refractivity contribution in [3.63, 3.8) is 0 Å². The molecule has 0 radical (unpaired) electrons. The molecule has 6 nitrogen and oxygen atoms in total. The van der Waals surface area contributed by atoms with E-state index >= 15 is 0 Å². The second-order valence-electron chi connectivity index (χ2n) is 5.18. The summed E-state index contributed by atoms with van der Waals surface area (Å²) in [6.45, 7) is 1.70. The Labute approximate surface area is 107 Å². The first-order chi connectivity index (χ1) is 8.58. The van der Waals surface area contributed by atoms with Crippen LogP contribution in [0.2, 0.25) is 0 Å². The summed E-state index contributed by atoms with van der Waals surface area (Å²) < 4.78 is 0. The number of nitrogens with zero attached hydrogens (tertiary/aromatic N) is 2. The zero-order valence-electron chi connectivity index (χ0n) is 10.5. The minimum atomic E-state index is -0.853. The Morgan fingerprint density at radius 1 is 1.22 bits per heavy atom. The molecule has 1 aliphatic carbocycles. The van der Waals surface area contributed by atoms with Crippen LogP contribution >= 0.6 is 0 Å². The average Bonchev–Trinajstić information content (AvgIpc) is 3.14. The second kappa shape index (κ2) is 5.56. The third-order valence-electron chi connectivity index (χ3n) is 3.61. The molecule has 2 rings (SSSR count). The van der Waals surface area contributed by atoms with Gasteiger partial charge in [-0.3, -0.25) is 4.79 Å².